The van der Waals surface area contributed by atoms with Crippen LogP contribution in [-0.4, -0.2) is 22.1 Å². The van der Waals surface area contributed by atoms with Gasteiger partial charge in [-0.15, -0.1) is 0 Å². The van der Waals surface area contributed by atoms with Crippen LogP contribution in [-0.2, 0) is 0 Å². The van der Waals surface area contributed by atoms with Gasteiger partial charge in [0.1, 0.15) is 5.82 Å². The average Bonchev–Trinajstić information content (AvgIpc) is 2.30. The van der Waals surface area contributed by atoms with Gasteiger partial charge in [0.05, 0.1) is 10.6 Å². The summed E-state index contributed by atoms with van der Waals surface area (Å²) >= 11 is 5.98. The highest BCUT2D eigenvalue weighted by molar-refractivity contribution is 6.33. The average molecular weight is 257 g/mol. The summed E-state index contributed by atoms with van der Waals surface area (Å²) in [6.07, 6.45) is 2.36. The molecule has 0 bridgehead atoms. The molecule has 4 nitrogen and oxygen atoms in total. The number of hydrogen-bond donors (Lipinski definition) is 2. The second-order valence-corrected chi connectivity index (χ2v) is 4.59. The Hall–Kier alpha value is -1.29. The van der Waals surface area contributed by atoms with Crippen LogP contribution in [0.1, 0.15) is 37.6 Å². The number of nitrogens with one attached hydrogen (secondary N) is 1. The van der Waals surface area contributed by atoms with Crippen molar-refractivity contribution in [3.05, 3.63) is 22.8 Å². The van der Waals surface area contributed by atoms with Crippen molar-refractivity contribution < 1.29 is 9.90 Å². The fourth-order valence-electron chi connectivity index (χ4n) is 1.37. The predicted octanol–water partition coefficient (Wildman–Crippen LogP) is 3.28. The van der Waals surface area contributed by atoms with Crippen LogP contribution in [0.15, 0.2) is 12.3 Å². The molecule has 0 aliphatic carbocycles. The number of aromatic carboxylic acids is 1. The molecule has 0 saturated carbocycles. The SMILES string of the molecule is CCC(C)C(C)Nc1ncc(C(=O)O)cc1Cl. The molecule has 0 saturated heterocycles. The van der Waals surface area contributed by atoms with E-state index in [4.69, 9.17) is 16.7 Å². The topological polar surface area (TPSA) is 62.2 Å². The minimum Gasteiger partial charge on any atom is -0.478 e. The smallest absolute Gasteiger partial charge is 0.337 e. The minimum atomic E-state index is -1.03. The van der Waals surface area contributed by atoms with Gasteiger partial charge in [-0.25, -0.2) is 9.78 Å². The first-order chi connectivity index (χ1) is 7.95. The number of carboxylic acid groups (broad SMARTS) is 1. The van der Waals surface area contributed by atoms with E-state index < -0.39 is 5.97 Å². The Balaban J connectivity index is 2.82. The monoisotopic (exact) mass is 256 g/mol. The summed E-state index contributed by atoms with van der Waals surface area (Å²) in [5, 5.41) is 12.3. The highest BCUT2D eigenvalue weighted by Crippen LogP contribution is 2.22. The lowest BCUT2D eigenvalue weighted by molar-refractivity contribution is 0.0696. The Bertz CT molecular complexity index is 409. The quantitative estimate of drug-likeness (QED) is 0.849. The Kier molecular flexibility index (Phi) is 4.75. The molecule has 0 fully saturated rings. The Morgan fingerprint density at radius 3 is 2.71 bits per heavy atom. The van der Waals surface area contributed by atoms with E-state index in [0.717, 1.165) is 6.42 Å². The van der Waals surface area contributed by atoms with Crippen molar-refractivity contribution in [2.24, 2.45) is 5.92 Å². The fraction of sp³-hybridized carbons (Fsp3) is 0.500. The molecule has 0 spiro atoms. The summed E-state index contributed by atoms with van der Waals surface area (Å²) in [6, 6.07) is 1.64. The maximum absolute atomic E-state index is 10.7. The van der Waals surface area contributed by atoms with Gasteiger partial charge < -0.3 is 10.4 Å². The zero-order valence-corrected chi connectivity index (χ0v) is 11.0. The number of nitrogens with zero attached hydrogens (tertiary/aromatic N) is 1. The standard InChI is InChI=1S/C12H17ClN2O2/c1-4-7(2)8(3)15-11-10(13)5-9(6-14-11)12(16)17/h5-8H,4H2,1-3H3,(H,14,15)(H,16,17). The lowest BCUT2D eigenvalue weighted by Crippen LogP contribution is -2.24. The van der Waals surface area contributed by atoms with Gasteiger partial charge in [-0.05, 0) is 18.9 Å². The third-order valence-electron chi connectivity index (χ3n) is 2.95. The molecule has 0 aliphatic rings. The first-order valence-corrected chi connectivity index (χ1v) is 5.98. The molecule has 1 aromatic heterocycles. The molecule has 1 aromatic rings. The Morgan fingerprint density at radius 2 is 2.24 bits per heavy atom. The predicted molar refractivity (Wildman–Crippen MR) is 68.7 cm³/mol. The van der Waals surface area contributed by atoms with Crippen LogP contribution in [0.2, 0.25) is 5.02 Å². The van der Waals surface area contributed by atoms with E-state index in [1.165, 1.54) is 12.3 Å². The van der Waals surface area contributed by atoms with Crippen molar-refractivity contribution in [2.45, 2.75) is 33.2 Å². The normalized spacial score (nSPS) is 14.1. The molecule has 2 N–H and O–H groups in total. The van der Waals surface area contributed by atoms with Crippen LogP contribution in [0.3, 0.4) is 0 Å². The number of hydrogen-bond acceptors (Lipinski definition) is 3. The molecule has 2 atom stereocenters. The number of pyridine rings is 1. The second-order valence-electron chi connectivity index (χ2n) is 4.18. The van der Waals surface area contributed by atoms with E-state index >= 15 is 0 Å². The van der Waals surface area contributed by atoms with Gasteiger partial charge in [-0.3, -0.25) is 0 Å². The number of aromatic nitrogens is 1. The fourth-order valence-corrected chi connectivity index (χ4v) is 1.59. The van der Waals surface area contributed by atoms with Crippen LogP contribution in [0.25, 0.3) is 0 Å². The summed E-state index contributed by atoms with van der Waals surface area (Å²) in [6.45, 7) is 6.31. The molecule has 94 valence electrons. The first kappa shape index (κ1) is 13.8. The summed E-state index contributed by atoms with van der Waals surface area (Å²) < 4.78 is 0. The third kappa shape index (κ3) is 3.60. The van der Waals surface area contributed by atoms with Crippen LogP contribution in [0, 0.1) is 5.92 Å². The van der Waals surface area contributed by atoms with Crippen LogP contribution < -0.4 is 5.32 Å². The van der Waals surface area contributed by atoms with E-state index in [2.05, 4.69) is 31.1 Å². The van der Waals surface area contributed by atoms with E-state index in [-0.39, 0.29) is 11.6 Å². The van der Waals surface area contributed by atoms with Gasteiger partial charge in [-0.2, -0.15) is 0 Å². The van der Waals surface area contributed by atoms with Crippen LogP contribution >= 0.6 is 11.6 Å². The van der Waals surface area contributed by atoms with E-state index in [0.29, 0.717) is 16.8 Å². The Labute approximate surface area is 106 Å². The van der Waals surface area contributed by atoms with Gasteiger partial charge in [0.25, 0.3) is 0 Å². The molecule has 0 aromatic carbocycles. The number of carbonyl (C=O) groups is 1. The molecule has 5 heteroatoms. The zero-order valence-electron chi connectivity index (χ0n) is 10.2. The third-order valence-corrected chi connectivity index (χ3v) is 3.24. The first-order valence-electron chi connectivity index (χ1n) is 5.61. The molecule has 0 amide bonds. The number of carboxylic acids is 1. The summed E-state index contributed by atoms with van der Waals surface area (Å²) in [5.74, 6) is -0.00240. The summed E-state index contributed by atoms with van der Waals surface area (Å²) in [7, 11) is 0. The van der Waals surface area contributed by atoms with E-state index in [9.17, 15) is 4.79 Å². The maximum Gasteiger partial charge on any atom is 0.337 e. The molecule has 17 heavy (non-hydrogen) atoms. The van der Waals surface area contributed by atoms with Crippen molar-refractivity contribution >= 4 is 23.4 Å². The van der Waals surface area contributed by atoms with Crippen molar-refractivity contribution in [3.8, 4) is 0 Å². The van der Waals surface area contributed by atoms with Crippen LogP contribution in [0.5, 0.6) is 0 Å². The maximum atomic E-state index is 10.7. The molecule has 1 heterocycles. The van der Waals surface area contributed by atoms with Crippen molar-refractivity contribution in [1.82, 2.24) is 4.98 Å². The Morgan fingerprint density at radius 1 is 1.59 bits per heavy atom. The number of anilines is 1. The van der Waals surface area contributed by atoms with Crippen molar-refractivity contribution in [3.63, 3.8) is 0 Å². The van der Waals surface area contributed by atoms with Crippen molar-refractivity contribution in [1.29, 1.82) is 0 Å². The molecular weight excluding hydrogens is 240 g/mol. The van der Waals surface area contributed by atoms with Gasteiger partial charge in [0.15, 0.2) is 0 Å². The van der Waals surface area contributed by atoms with Gasteiger partial charge in [0.2, 0.25) is 0 Å². The lowest BCUT2D eigenvalue weighted by atomic mass is 10.0. The van der Waals surface area contributed by atoms with Crippen molar-refractivity contribution in [2.75, 3.05) is 5.32 Å². The molecule has 2 unspecified atom stereocenters. The minimum absolute atomic E-state index is 0.0942. The summed E-state index contributed by atoms with van der Waals surface area (Å²) in [4.78, 5) is 14.8. The van der Waals surface area contributed by atoms with Gasteiger partial charge >= 0.3 is 5.97 Å². The zero-order chi connectivity index (χ0) is 13.0. The van der Waals surface area contributed by atoms with Gasteiger partial charge in [-0.1, -0.05) is 31.9 Å². The second kappa shape index (κ2) is 5.87. The summed E-state index contributed by atoms with van der Waals surface area (Å²) in [5.41, 5.74) is 0.0942. The molecular formula is C12H17ClN2O2. The largest absolute Gasteiger partial charge is 0.478 e. The lowest BCUT2D eigenvalue weighted by Gasteiger charge is -2.21. The molecule has 0 radical (unpaired) electrons. The van der Waals surface area contributed by atoms with E-state index in [1.807, 2.05) is 0 Å². The van der Waals surface area contributed by atoms with Crippen LogP contribution in [0.4, 0.5) is 5.82 Å². The highest BCUT2D eigenvalue weighted by atomic mass is 35.5. The molecule has 0 aliphatic heterocycles. The van der Waals surface area contributed by atoms with E-state index in [1.54, 1.807) is 0 Å². The van der Waals surface area contributed by atoms with Gasteiger partial charge in [0, 0.05) is 12.2 Å². The number of halogens is 1. The highest BCUT2D eigenvalue weighted by Gasteiger charge is 2.13. The number of rotatable bonds is 5. The molecule has 1 rings (SSSR count).